The van der Waals surface area contributed by atoms with E-state index in [-0.39, 0.29) is 18.9 Å². The molecule has 0 spiro atoms. The Bertz CT molecular complexity index is 578. The van der Waals surface area contributed by atoms with Crippen molar-refractivity contribution < 1.29 is 19.4 Å². The lowest BCUT2D eigenvalue weighted by molar-refractivity contribution is -0.139. The van der Waals surface area contributed by atoms with Crippen LogP contribution in [0.2, 0.25) is 0 Å². The zero-order valence-electron chi connectivity index (χ0n) is 13.4. The Morgan fingerprint density at radius 1 is 1.36 bits per heavy atom. The van der Waals surface area contributed by atoms with Crippen molar-refractivity contribution in [2.45, 2.75) is 38.5 Å². The highest BCUT2D eigenvalue weighted by Crippen LogP contribution is 2.50. The number of carbonyl (C=O) groups excluding carboxylic acids is 1. The summed E-state index contributed by atoms with van der Waals surface area (Å²) >= 11 is 0. The van der Waals surface area contributed by atoms with Crippen molar-refractivity contribution in [2.75, 3.05) is 20.2 Å². The lowest BCUT2D eigenvalue weighted by Crippen LogP contribution is -2.40. The lowest BCUT2D eigenvalue weighted by Gasteiger charge is -2.26. The Morgan fingerprint density at radius 3 is 2.55 bits per heavy atom. The van der Waals surface area contributed by atoms with E-state index in [1.807, 2.05) is 32.0 Å². The second-order valence-electron chi connectivity index (χ2n) is 5.80. The molecule has 1 aromatic rings. The predicted octanol–water partition coefficient (Wildman–Crippen LogP) is 2.36. The Kier molecular flexibility index (Phi) is 4.74. The third-order valence-corrected chi connectivity index (χ3v) is 4.38. The third-order valence-electron chi connectivity index (χ3n) is 4.38. The number of likely N-dealkylation sites (N-methyl/N-ethyl adjacent to an activating group) is 1. The first-order chi connectivity index (χ1) is 10.4. The number of hydrogen-bond donors (Lipinski definition) is 1. The Hall–Kier alpha value is -2.04. The van der Waals surface area contributed by atoms with Crippen LogP contribution in [0.4, 0.5) is 0 Å². The number of methoxy groups -OCH3 is 1. The topological polar surface area (TPSA) is 66.8 Å². The van der Waals surface area contributed by atoms with Crippen LogP contribution in [0.3, 0.4) is 0 Å². The molecule has 1 fully saturated rings. The molecule has 0 aliphatic heterocycles. The molecular weight excluding hydrogens is 282 g/mol. The molecule has 1 aliphatic rings. The summed E-state index contributed by atoms with van der Waals surface area (Å²) in [6, 6.07) is 5.88. The van der Waals surface area contributed by atoms with Gasteiger partial charge in [0.1, 0.15) is 5.75 Å². The van der Waals surface area contributed by atoms with Gasteiger partial charge in [-0.1, -0.05) is 12.1 Å². The summed E-state index contributed by atoms with van der Waals surface area (Å²) in [6.07, 6.45) is 1.59. The van der Waals surface area contributed by atoms with Crippen molar-refractivity contribution in [3.8, 4) is 5.75 Å². The molecule has 0 saturated heterocycles. The maximum Gasteiger partial charge on any atom is 0.305 e. The average molecular weight is 305 g/mol. The van der Waals surface area contributed by atoms with Gasteiger partial charge >= 0.3 is 5.97 Å². The van der Waals surface area contributed by atoms with Crippen molar-refractivity contribution in [2.24, 2.45) is 0 Å². The Labute approximate surface area is 130 Å². The first kappa shape index (κ1) is 16.3. The van der Waals surface area contributed by atoms with Gasteiger partial charge in [-0.2, -0.15) is 0 Å². The molecule has 0 atom stereocenters. The summed E-state index contributed by atoms with van der Waals surface area (Å²) in [5, 5.41) is 8.82. The van der Waals surface area contributed by atoms with E-state index in [1.54, 1.807) is 12.0 Å². The van der Waals surface area contributed by atoms with Crippen molar-refractivity contribution in [3.05, 3.63) is 29.3 Å². The molecular formula is C17H23NO4. The standard InChI is InChI=1S/C17H23NO4/c1-4-18(10-7-15(19)20)16(21)17(8-9-17)13-6-5-12(2)14(11-13)22-3/h5-6,11H,4,7-10H2,1-3H3,(H,19,20). The van der Waals surface area contributed by atoms with Gasteiger partial charge in [0, 0.05) is 13.1 Å². The largest absolute Gasteiger partial charge is 0.496 e. The smallest absolute Gasteiger partial charge is 0.305 e. The van der Waals surface area contributed by atoms with Crippen LogP contribution in [-0.4, -0.2) is 42.1 Å². The minimum absolute atomic E-state index is 0.0210. The summed E-state index contributed by atoms with van der Waals surface area (Å²) in [6.45, 7) is 4.63. The van der Waals surface area contributed by atoms with E-state index in [4.69, 9.17) is 9.84 Å². The molecule has 22 heavy (non-hydrogen) atoms. The van der Waals surface area contributed by atoms with Crippen molar-refractivity contribution >= 4 is 11.9 Å². The average Bonchev–Trinajstić information content (AvgIpc) is 3.29. The fourth-order valence-electron chi connectivity index (χ4n) is 2.81. The maximum absolute atomic E-state index is 12.8. The van der Waals surface area contributed by atoms with Crippen LogP contribution >= 0.6 is 0 Å². The van der Waals surface area contributed by atoms with Crippen LogP contribution in [0, 0.1) is 6.92 Å². The zero-order valence-corrected chi connectivity index (χ0v) is 13.4. The monoisotopic (exact) mass is 305 g/mol. The first-order valence-electron chi connectivity index (χ1n) is 7.61. The first-order valence-corrected chi connectivity index (χ1v) is 7.61. The number of aryl methyl sites for hydroxylation is 1. The number of nitrogens with zero attached hydrogens (tertiary/aromatic N) is 1. The van der Waals surface area contributed by atoms with Gasteiger partial charge in [-0.25, -0.2) is 0 Å². The summed E-state index contributed by atoms with van der Waals surface area (Å²) in [5.74, 6) is -0.0691. The van der Waals surface area contributed by atoms with E-state index in [0.717, 1.165) is 29.7 Å². The Balaban J connectivity index is 2.22. The van der Waals surface area contributed by atoms with E-state index >= 15 is 0 Å². The zero-order chi connectivity index (χ0) is 16.3. The number of carboxylic acid groups (broad SMARTS) is 1. The molecule has 1 saturated carbocycles. The lowest BCUT2D eigenvalue weighted by atomic mass is 9.93. The molecule has 5 nitrogen and oxygen atoms in total. The number of amides is 1. The molecule has 2 rings (SSSR count). The minimum Gasteiger partial charge on any atom is -0.496 e. The van der Waals surface area contributed by atoms with E-state index in [0.29, 0.717) is 6.54 Å². The van der Waals surface area contributed by atoms with Gasteiger partial charge in [0.05, 0.1) is 18.9 Å². The van der Waals surface area contributed by atoms with Crippen LogP contribution in [-0.2, 0) is 15.0 Å². The number of aliphatic carboxylic acids is 1. The van der Waals surface area contributed by atoms with E-state index in [9.17, 15) is 9.59 Å². The second kappa shape index (κ2) is 6.38. The molecule has 0 radical (unpaired) electrons. The molecule has 5 heteroatoms. The van der Waals surface area contributed by atoms with Crippen LogP contribution < -0.4 is 4.74 Å². The fourth-order valence-corrected chi connectivity index (χ4v) is 2.81. The summed E-state index contributed by atoms with van der Waals surface area (Å²) in [5.41, 5.74) is 1.51. The number of hydrogen-bond acceptors (Lipinski definition) is 3. The quantitative estimate of drug-likeness (QED) is 0.840. The number of carbonyl (C=O) groups is 2. The molecule has 0 heterocycles. The van der Waals surface area contributed by atoms with Crippen molar-refractivity contribution in [1.82, 2.24) is 4.90 Å². The van der Waals surface area contributed by atoms with Gasteiger partial charge in [-0.15, -0.1) is 0 Å². The molecule has 0 bridgehead atoms. The fraction of sp³-hybridized carbons (Fsp3) is 0.529. The summed E-state index contributed by atoms with van der Waals surface area (Å²) in [7, 11) is 1.62. The summed E-state index contributed by atoms with van der Waals surface area (Å²) < 4.78 is 5.35. The third kappa shape index (κ3) is 3.08. The van der Waals surface area contributed by atoms with Gasteiger partial charge in [-0.3, -0.25) is 9.59 Å². The number of carboxylic acids is 1. The number of rotatable bonds is 7. The summed E-state index contributed by atoms with van der Waals surface area (Å²) in [4.78, 5) is 25.2. The molecule has 1 aromatic carbocycles. The minimum atomic E-state index is -0.881. The van der Waals surface area contributed by atoms with Crippen LogP contribution in [0.25, 0.3) is 0 Å². The van der Waals surface area contributed by atoms with Crippen LogP contribution in [0.1, 0.15) is 37.3 Å². The predicted molar refractivity (Wildman–Crippen MR) is 83.1 cm³/mol. The van der Waals surface area contributed by atoms with Gasteiger partial charge in [0.2, 0.25) is 5.91 Å². The number of ether oxygens (including phenoxy) is 1. The normalized spacial score (nSPS) is 15.2. The highest BCUT2D eigenvalue weighted by atomic mass is 16.5. The van der Waals surface area contributed by atoms with Gasteiger partial charge in [0.15, 0.2) is 0 Å². The van der Waals surface area contributed by atoms with Crippen LogP contribution in [0.5, 0.6) is 5.75 Å². The molecule has 1 N–H and O–H groups in total. The molecule has 0 aromatic heterocycles. The molecule has 1 aliphatic carbocycles. The maximum atomic E-state index is 12.8. The van der Waals surface area contributed by atoms with Crippen LogP contribution in [0.15, 0.2) is 18.2 Å². The van der Waals surface area contributed by atoms with E-state index in [1.165, 1.54) is 0 Å². The van der Waals surface area contributed by atoms with E-state index in [2.05, 4.69) is 0 Å². The Morgan fingerprint density at radius 2 is 2.05 bits per heavy atom. The second-order valence-corrected chi connectivity index (χ2v) is 5.80. The van der Waals surface area contributed by atoms with Gasteiger partial charge in [0.25, 0.3) is 0 Å². The SMILES string of the molecule is CCN(CCC(=O)O)C(=O)C1(c2ccc(C)c(OC)c2)CC1. The highest BCUT2D eigenvalue weighted by Gasteiger charge is 2.52. The van der Waals surface area contributed by atoms with Crippen molar-refractivity contribution in [3.63, 3.8) is 0 Å². The highest BCUT2D eigenvalue weighted by molar-refractivity contribution is 5.91. The number of benzene rings is 1. The van der Waals surface area contributed by atoms with E-state index < -0.39 is 11.4 Å². The van der Waals surface area contributed by atoms with Crippen molar-refractivity contribution in [1.29, 1.82) is 0 Å². The van der Waals surface area contributed by atoms with Gasteiger partial charge in [-0.05, 0) is 43.9 Å². The van der Waals surface area contributed by atoms with Gasteiger partial charge < -0.3 is 14.7 Å². The molecule has 0 unspecified atom stereocenters. The molecule has 120 valence electrons. The molecule has 1 amide bonds.